The van der Waals surface area contributed by atoms with Crippen molar-refractivity contribution in [2.45, 2.75) is 12.0 Å². The Kier molecular flexibility index (Phi) is 8.41. The van der Waals surface area contributed by atoms with Crippen molar-refractivity contribution in [3.8, 4) is 0 Å². The fourth-order valence-corrected chi connectivity index (χ4v) is 1.76. The number of benzene rings is 1. The van der Waals surface area contributed by atoms with Crippen LogP contribution in [0.3, 0.4) is 0 Å². The molecule has 0 saturated heterocycles. The van der Waals surface area contributed by atoms with Gasteiger partial charge in [0.25, 0.3) is 0 Å². The number of methoxy groups -OCH3 is 1. The fourth-order valence-electron chi connectivity index (χ4n) is 1.76. The number of rotatable bonds is 11. The van der Waals surface area contributed by atoms with Gasteiger partial charge in [-0.3, -0.25) is 0 Å². The Hall–Kier alpha value is -0.980. The van der Waals surface area contributed by atoms with Crippen molar-refractivity contribution in [2.24, 2.45) is 5.73 Å². The van der Waals surface area contributed by atoms with Gasteiger partial charge in [0.15, 0.2) is 0 Å². The molecule has 1 rings (SSSR count). The van der Waals surface area contributed by atoms with Gasteiger partial charge in [-0.15, -0.1) is 0 Å². The van der Waals surface area contributed by atoms with E-state index in [-0.39, 0.29) is 13.2 Å². The standard InChI is InChI=1S/C15H25NO4/c1-18-10-11-19-8-5-9-20-13-15(17,12-16)14-6-3-2-4-7-14/h2-4,6-7,17H,5,8-13,16H2,1H3. The van der Waals surface area contributed by atoms with E-state index in [0.717, 1.165) is 12.0 Å². The van der Waals surface area contributed by atoms with Crippen LogP contribution in [0.4, 0.5) is 0 Å². The monoisotopic (exact) mass is 283 g/mol. The second-order valence-corrected chi connectivity index (χ2v) is 4.61. The summed E-state index contributed by atoms with van der Waals surface area (Å²) in [6.45, 7) is 2.65. The summed E-state index contributed by atoms with van der Waals surface area (Å²) in [5, 5.41) is 10.5. The zero-order valence-corrected chi connectivity index (χ0v) is 12.1. The Morgan fingerprint density at radius 2 is 1.75 bits per heavy atom. The molecule has 0 radical (unpaired) electrons. The summed E-state index contributed by atoms with van der Waals surface area (Å²) in [6, 6.07) is 9.35. The summed E-state index contributed by atoms with van der Waals surface area (Å²) in [5.74, 6) is 0. The molecule has 1 aromatic rings. The molecule has 0 aromatic heterocycles. The molecule has 0 bridgehead atoms. The number of ether oxygens (including phenoxy) is 3. The lowest BCUT2D eigenvalue weighted by atomic mass is 9.95. The molecule has 1 atom stereocenters. The van der Waals surface area contributed by atoms with Gasteiger partial charge in [-0.1, -0.05) is 30.3 Å². The van der Waals surface area contributed by atoms with E-state index in [9.17, 15) is 5.11 Å². The van der Waals surface area contributed by atoms with E-state index in [0.29, 0.717) is 26.4 Å². The molecule has 0 fully saturated rings. The molecule has 1 unspecified atom stereocenters. The Balaban J connectivity index is 2.22. The lowest BCUT2D eigenvalue weighted by Crippen LogP contribution is -2.39. The molecular weight excluding hydrogens is 258 g/mol. The molecule has 5 heteroatoms. The van der Waals surface area contributed by atoms with Crippen LogP contribution in [0.5, 0.6) is 0 Å². The molecule has 114 valence electrons. The highest BCUT2D eigenvalue weighted by atomic mass is 16.5. The molecule has 1 aromatic carbocycles. The first kappa shape index (κ1) is 17.1. The van der Waals surface area contributed by atoms with Gasteiger partial charge < -0.3 is 25.1 Å². The van der Waals surface area contributed by atoms with Crippen molar-refractivity contribution in [3.05, 3.63) is 35.9 Å². The third-order valence-corrected chi connectivity index (χ3v) is 3.00. The fraction of sp³-hybridized carbons (Fsp3) is 0.600. The van der Waals surface area contributed by atoms with E-state index >= 15 is 0 Å². The van der Waals surface area contributed by atoms with Crippen LogP contribution in [0.25, 0.3) is 0 Å². The van der Waals surface area contributed by atoms with Crippen molar-refractivity contribution in [2.75, 3.05) is 46.7 Å². The molecule has 0 spiro atoms. The lowest BCUT2D eigenvalue weighted by Gasteiger charge is -2.26. The summed E-state index contributed by atoms with van der Waals surface area (Å²) < 4.78 is 15.7. The maximum absolute atomic E-state index is 10.5. The maximum atomic E-state index is 10.5. The number of aliphatic hydroxyl groups is 1. The minimum atomic E-state index is -1.13. The van der Waals surface area contributed by atoms with Gasteiger partial charge >= 0.3 is 0 Å². The minimum absolute atomic E-state index is 0.126. The van der Waals surface area contributed by atoms with Crippen LogP contribution in [0.1, 0.15) is 12.0 Å². The van der Waals surface area contributed by atoms with Crippen molar-refractivity contribution >= 4 is 0 Å². The van der Waals surface area contributed by atoms with E-state index in [1.54, 1.807) is 7.11 Å². The first-order chi connectivity index (χ1) is 9.73. The maximum Gasteiger partial charge on any atom is 0.125 e. The SMILES string of the molecule is COCCOCCCOCC(O)(CN)c1ccccc1. The summed E-state index contributed by atoms with van der Waals surface area (Å²) in [4.78, 5) is 0. The highest BCUT2D eigenvalue weighted by molar-refractivity contribution is 5.22. The minimum Gasteiger partial charge on any atom is -0.382 e. The molecule has 0 aliphatic rings. The van der Waals surface area contributed by atoms with Gasteiger partial charge in [0, 0.05) is 26.9 Å². The predicted octanol–water partition coefficient (Wildman–Crippen LogP) is 0.903. The van der Waals surface area contributed by atoms with Crippen LogP contribution in [0.2, 0.25) is 0 Å². The predicted molar refractivity (Wildman–Crippen MR) is 77.5 cm³/mol. The van der Waals surface area contributed by atoms with Crippen LogP contribution < -0.4 is 5.73 Å². The third kappa shape index (κ3) is 5.98. The van der Waals surface area contributed by atoms with Crippen LogP contribution in [-0.2, 0) is 19.8 Å². The first-order valence-corrected chi connectivity index (χ1v) is 6.85. The Morgan fingerprint density at radius 3 is 2.40 bits per heavy atom. The molecule has 0 aliphatic heterocycles. The van der Waals surface area contributed by atoms with E-state index in [1.807, 2.05) is 30.3 Å². The number of nitrogens with two attached hydrogens (primary N) is 1. The molecule has 0 aliphatic carbocycles. The van der Waals surface area contributed by atoms with Gasteiger partial charge in [0.1, 0.15) is 5.60 Å². The normalized spacial score (nSPS) is 14.2. The second kappa shape index (κ2) is 9.85. The van der Waals surface area contributed by atoms with Gasteiger partial charge in [-0.25, -0.2) is 0 Å². The van der Waals surface area contributed by atoms with Crippen LogP contribution >= 0.6 is 0 Å². The smallest absolute Gasteiger partial charge is 0.125 e. The summed E-state index contributed by atoms with van der Waals surface area (Å²) in [7, 11) is 1.64. The summed E-state index contributed by atoms with van der Waals surface area (Å²) in [5.41, 5.74) is 5.32. The van der Waals surface area contributed by atoms with E-state index < -0.39 is 5.60 Å². The highest BCUT2D eigenvalue weighted by Crippen LogP contribution is 2.20. The summed E-state index contributed by atoms with van der Waals surface area (Å²) >= 11 is 0. The Labute approximate surface area is 120 Å². The Bertz CT molecular complexity index is 347. The van der Waals surface area contributed by atoms with Gasteiger partial charge in [-0.05, 0) is 12.0 Å². The second-order valence-electron chi connectivity index (χ2n) is 4.61. The van der Waals surface area contributed by atoms with Gasteiger partial charge in [0.2, 0.25) is 0 Å². The molecular formula is C15H25NO4. The number of hydrogen-bond acceptors (Lipinski definition) is 5. The van der Waals surface area contributed by atoms with E-state index in [2.05, 4.69) is 0 Å². The quantitative estimate of drug-likeness (QED) is 0.590. The topological polar surface area (TPSA) is 73.9 Å². The zero-order chi connectivity index (χ0) is 14.7. The summed E-state index contributed by atoms with van der Waals surface area (Å²) in [6.07, 6.45) is 0.777. The molecule has 0 amide bonds. The molecule has 20 heavy (non-hydrogen) atoms. The zero-order valence-electron chi connectivity index (χ0n) is 12.1. The van der Waals surface area contributed by atoms with E-state index in [4.69, 9.17) is 19.9 Å². The van der Waals surface area contributed by atoms with Gasteiger partial charge in [0.05, 0.1) is 19.8 Å². The average Bonchev–Trinajstić information content (AvgIpc) is 2.50. The van der Waals surface area contributed by atoms with Crippen molar-refractivity contribution in [1.82, 2.24) is 0 Å². The van der Waals surface area contributed by atoms with E-state index in [1.165, 1.54) is 0 Å². The van der Waals surface area contributed by atoms with Gasteiger partial charge in [-0.2, -0.15) is 0 Å². The highest BCUT2D eigenvalue weighted by Gasteiger charge is 2.27. The largest absolute Gasteiger partial charge is 0.382 e. The first-order valence-electron chi connectivity index (χ1n) is 6.85. The average molecular weight is 283 g/mol. The van der Waals surface area contributed by atoms with Crippen molar-refractivity contribution in [3.63, 3.8) is 0 Å². The third-order valence-electron chi connectivity index (χ3n) is 3.00. The van der Waals surface area contributed by atoms with Crippen molar-refractivity contribution in [1.29, 1.82) is 0 Å². The molecule has 0 saturated carbocycles. The van der Waals surface area contributed by atoms with Crippen LogP contribution in [0.15, 0.2) is 30.3 Å². The molecule has 3 N–H and O–H groups in total. The molecule has 0 heterocycles. The number of hydrogen-bond donors (Lipinski definition) is 2. The lowest BCUT2D eigenvalue weighted by molar-refractivity contribution is -0.0488. The Morgan fingerprint density at radius 1 is 1.05 bits per heavy atom. The van der Waals surface area contributed by atoms with Crippen LogP contribution in [-0.4, -0.2) is 51.8 Å². The van der Waals surface area contributed by atoms with Crippen LogP contribution in [0, 0.1) is 0 Å². The van der Waals surface area contributed by atoms with Crippen molar-refractivity contribution < 1.29 is 19.3 Å². The molecule has 5 nitrogen and oxygen atoms in total.